The maximum atomic E-state index is 12.6. The van der Waals surface area contributed by atoms with Crippen LogP contribution in [0.1, 0.15) is 28.0 Å². The zero-order valence-electron chi connectivity index (χ0n) is 17.6. The van der Waals surface area contributed by atoms with Crippen LogP contribution in [0.15, 0.2) is 35.8 Å². The van der Waals surface area contributed by atoms with Crippen LogP contribution in [0.5, 0.6) is 0 Å². The van der Waals surface area contributed by atoms with Gasteiger partial charge >= 0.3 is 0 Å². The molecule has 1 atom stereocenters. The van der Waals surface area contributed by atoms with Crippen LogP contribution >= 0.6 is 22.9 Å². The molecule has 166 valence electrons. The van der Waals surface area contributed by atoms with E-state index in [0.717, 1.165) is 49.1 Å². The Balaban J connectivity index is 1.32. The molecule has 3 heterocycles. The predicted octanol–water partition coefficient (Wildman–Crippen LogP) is 3.18. The van der Waals surface area contributed by atoms with Gasteiger partial charge in [0.15, 0.2) is 0 Å². The minimum Gasteiger partial charge on any atom is -0.379 e. The van der Waals surface area contributed by atoms with Gasteiger partial charge in [0.25, 0.3) is 5.91 Å². The molecule has 32 heavy (non-hydrogen) atoms. The molecule has 0 spiro atoms. The van der Waals surface area contributed by atoms with Crippen molar-refractivity contribution in [2.24, 2.45) is 0 Å². The number of nitriles is 1. The van der Waals surface area contributed by atoms with Gasteiger partial charge in [0, 0.05) is 36.3 Å². The Labute approximate surface area is 195 Å². The summed E-state index contributed by atoms with van der Waals surface area (Å²) < 4.78 is 7.14. The van der Waals surface area contributed by atoms with Gasteiger partial charge in [-0.3, -0.25) is 14.4 Å². The van der Waals surface area contributed by atoms with Crippen LogP contribution < -0.4 is 5.32 Å². The number of amides is 1. The number of halogens is 1. The van der Waals surface area contributed by atoms with Crippen molar-refractivity contribution in [2.75, 3.05) is 26.3 Å². The Morgan fingerprint density at radius 2 is 2.19 bits per heavy atom. The van der Waals surface area contributed by atoms with Gasteiger partial charge in [0.05, 0.1) is 42.6 Å². The summed E-state index contributed by atoms with van der Waals surface area (Å²) in [4.78, 5) is 19.4. The van der Waals surface area contributed by atoms with Gasteiger partial charge in [-0.15, -0.1) is 11.3 Å². The van der Waals surface area contributed by atoms with E-state index in [-0.39, 0.29) is 11.9 Å². The van der Waals surface area contributed by atoms with Crippen molar-refractivity contribution in [3.8, 4) is 17.3 Å². The smallest absolute Gasteiger partial charge is 0.271 e. The fourth-order valence-corrected chi connectivity index (χ4v) is 4.48. The minimum atomic E-state index is -0.187. The average molecular weight is 471 g/mol. The molecule has 1 saturated heterocycles. The first-order chi connectivity index (χ1) is 15.5. The van der Waals surface area contributed by atoms with E-state index >= 15 is 0 Å². The van der Waals surface area contributed by atoms with E-state index in [2.05, 4.69) is 20.3 Å². The van der Waals surface area contributed by atoms with Crippen LogP contribution in [0, 0.1) is 11.3 Å². The predicted molar refractivity (Wildman–Crippen MR) is 123 cm³/mol. The standard InChI is InChI=1S/C22H23ClN6O2S/c1-15(12-29-5-4-19(27-29)16-2-3-17(11-24)18(23)10-16)25-22(30)20-14-32-21(26-20)13-28-6-8-31-9-7-28/h2-5,10,14-15H,6-9,12-13H2,1H3,(H,25,30). The molecule has 1 aliphatic heterocycles. The van der Waals surface area contributed by atoms with Gasteiger partial charge < -0.3 is 10.1 Å². The zero-order chi connectivity index (χ0) is 22.5. The summed E-state index contributed by atoms with van der Waals surface area (Å²) >= 11 is 7.63. The van der Waals surface area contributed by atoms with Crippen LogP contribution in [0.4, 0.5) is 0 Å². The third kappa shape index (κ3) is 5.53. The number of rotatable bonds is 7. The van der Waals surface area contributed by atoms with Crippen molar-refractivity contribution in [3.63, 3.8) is 0 Å². The number of ether oxygens (including phenoxy) is 1. The Morgan fingerprint density at radius 3 is 2.94 bits per heavy atom. The van der Waals surface area contributed by atoms with E-state index in [9.17, 15) is 4.79 Å². The van der Waals surface area contributed by atoms with E-state index in [0.29, 0.717) is 22.8 Å². The molecule has 1 fully saturated rings. The molecular formula is C22H23ClN6O2S. The summed E-state index contributed by atoms with van der Waals surface area (Å²) in [5.74, 6) is -0.187. The Hall–Kier alpha value is -2.77. The van der Waals surface area contributed by atoms with Crippen LogP contribution in [0.25, 0.3) is 11.3 Å². The van der Waals surface area contributed by atoms with Crippen LogP contribution in [0.3, 0.4) is 0 Å². The number of thiazole rings is 1. The van der Waals surface area contributed by atoms with Crippen LogP contribution in [0.2, 0.25) is 5.02 Å². The molecule has 0 saturated carbocycles. The molecular weight excluding hydrogens is 448 g/mol. The first-order valence-electron chi connectivity index (χ1n) is 10.3. The highest BCUT2D eigenvalue weighted by Gasteiger charge is 2.17. The zero-order valence-corrected chi connectivity index (χ0v) is 19.2. The van der Waals surface area contributed by atoms with Gasteiger partial charge in [0.1, 0.15) is 16.8 Å². The SMILES string of the molecule is CC(Cn1ccc(-c2ccc(C#N)c(Cl)c2)n1)NC(=O)c1csc(CN2CCOCC2)n1. The van der Waals surface area contributed by atoms with Gasteiger partial charge in [-0.2, -0.15) is 10.4 Å². The van der Waals surface area contributed by atoms with E-state index in [1.54, 1.807) is 22.2 Å². The van der Waals surface area contributed by atoms with Crippen LogP contribution in [-0.2, 0) is 17.8 Å². The van der Waals surface area contributed by atoms with E-state index in [4.69, 9.17) is 21.6 Å². The fraction of sp³-hybridized carbons (Fsp3) is 0.364. The molecule has 3 aromatic rings. The second kappa shape index (κ2) is 10.2. The molecule has 1 unspecified atom stereocenters. The number of aromatic nitrogens is 3. The van der Waals surface area contributed by atoms with Crippen molar-refractivity contribution in [3.05, 3.63) is 57.1 Å². The van der Waals surface area contributed by atoms with Crippen molar-refractivity contribution in [2.45, 2.75) is 26.1 Å². The van der Waals surface area contributed by atoms with E-state index in [1.165, 1.54) is 11.3 Å². The van der Waals surface area contributed by atoms with Gasteiger partial charge in [-0.25, -0.2) is 4.98 Å². The Morgan fingerprint density at radius 1 is 1.38 bits per heavy atom. The maximum absolute atomic E-state index is 12.6. The highest BCUT2D eigenvalue weighted by Crippen LogP contribution is 2.24. The highest BCUT2D eigenvalue weighted by atomic mass is 35.5. The summed E-state index contributed by atoms with van der Waals surface area (Å²) in [6, 6.07) is 9.02. The lowest BCUT2D eigenvalue weighted by atomic mass is 10.1. The molecule has 2 aromatic heterocycles. The summed E-state index contributed by atoms with van der Waals surface area (Å²) in [6.07, 6.45) is 1.85. The summed E-state index contributed by atoms with van der Waals surface area (Å²) in [6.45, 7) is 6.44. The van der Waals surface area contributed by atoms with E-state index < -0.39 is 0 Å². The third-order valence-corrected chi connectivity index (χ3v) is 6.26. The molecule has 1 aliphatic rings. The number of hydrogen-bond acceptors (Lipinski definition) is 7. The molecule has 1 N–H and O–H groups in total. The molecule has 0 radical (unpaired) electrons. The molecule has 1 aromatic carbocycles. The number of nitrogens with zero attached hydrogens (tertiary/aromatic N) is 5. The van der Waals surface area contributed by atoms with Crippen molar-refractivity contribution in [1.29, 1.82) is 5.26 Å². The highest BCUT2D eigenvalue weighted by molar-refractivity contribution is 7.09. The summed E-state index contributed by atoms with van der Waals surface area (Å²) in [5.41, 5.74) is 2.46. The van der Waals surface area contributed by atoms with Gasteiger partial charge in [0.2, 0.25) is 0 Å². The van der Waals surface area contributed by atoms with Gasteiger partial charge in [-0.1, -0.05) is 17.7 Å². The number of morpholine rings is 1. The second-order valence-electron chi connectivity index (χ2n) is 7.62. The quantitative estimate of drug-likeness (QED) is 0.569. The Kier molecular flexibility index (Phi) is 7.17. The fourth-order valence-electron chi connectivity index (χ4n) is 3.44. The van der Waals surface area contributed by atoms with Crippen LogP contribution in [-0.4, -0.2) is 57.9 Å². The maximum Gasteiger partial charge on any atom is 0.271 e. The first kappa shape index (κ1) is 22.4. The third-order valence-electron chi connectivity index (χ3n) is 5.11. The molecule has 8 nitrogen and oxygen atoms in total. The topological polar surface area (TPSA) is 96.1 Å². The first-order valence-corrected chi connectivity index (χ1v) is 11.6. The number of carbonyl (C=O) groups is 1. The van der Waals surface area contributed by atoms with E-state index in [1.807, 2.05) is 31.3 Å². The lowest BCUT2D eigenvalue weighted by molar-refractivity contribution is 0.0341. The van der Waals surface area contributed by atoms with Crippen molar-refractivity contribution in [1.82, 2.24) is 25.0 Å². The Bertz CT molecular complexity index is 1130. The molecule has 0 bridgehead atoms. The minimum absolute atomic E-state index is 0.135. The monoisotopic (exact) mass is 470 g/mol. The average Bonchev–Trinajstić information content (AvgIpc) is 3.44. The molecule has 0 aliphatic carbocycles. The normalized spacial score (nSPS) is 15.3. The lowest BCUT2D eigenvalue weighted by Crippen LogP contribution is -2.36. The number of nitrogens with one attached hydrogen (secondary N) is 1. The number of benzene rings is 1. The van der Waals surface area contributed by atoms with Crippen molar-refractivity contribution < 1.29 is 9.53 Å². The molecule has 10 heteroatoms. The van der Waals surface area contributed by atoms with Gasteiger partial charge in [-0.05, 0) is 25.1 Å². The summed E-state index contributed by atoms with van der Waals surface area (Å²) in [7, 11) is 0. The second-order valence-corrected chi connectivity index (χ2v) is 8.97. The summed E-state index contributed by atoms with van der Waals surface area (Å²) in [5, 5.41) is 19.7. The number of carbonyl (C=O) groups excluding carboxylic acids is 1. The largest absolute Gasteiger partial charge is 0.379 e. The lowest BCUT2D eigenvalue weighted by Gasteiger charge is -2.25. The van der Waals surface area contributed by atoms with Crippen molar-refractivity contribution >= 4 is 28.8 Å². The molecule has 4 rings (SSSR count). The molecule has 1 amide bonds. The number of hydrogen-bond donors (Lipinski definition) is 1.